The van der Waals surface area contributed by atoms with Crippen LogP contribution in [0, 0.1) is 12.7 Å². The van der Waals surface area contributed by atoms with E-state index in [1.807, 2.05) is 32.0 Å². The van der Waals surface area contributed by atoms with Gasteiger partial charge in [0.1, 0.15) is 5.82 Å². The molecule has 2 aromatic rings. The fourth-order valence-electron chi connectivity index (χ4n) is 1.95. The molecule has 2 rings (SSSR count). The average Bonchev–Trinajstić information content (AvgIpc) is 2.35. The Kier molecular flexibility index (Phi) is 4.63. The van der Waals surface area contributed by atoms with Gasteiger partial charge in [0.2, 0.25) is 0 Å². The van der Waals surface area contributed by atoms with Crippen LogP contribution in [0.1, 0.15) is 24.1 Å². The predicted octanol–water partition coefficient (Wildman–Crippen LogP) is 5.83. The number of hydrogen-bond acceptors (Lipinski definition) is 1. The van der Waals surface area contributed by atoms with Gasteiger partial charge in [0.15, 0.2) is 0 Å². The smallest absolute Gasteiger partial charge is 0.128 e. The van der Waals surface area contributed by atoms with Gasteiger partial charge in [-0.05, 0) is 55.8 Å². The average molecular weight is 387 g/mol. The van der Waals surface area contributed by atoms with Crippen molar-refractivity contribution in [1.82, 2.24) is 0 Å². The normalized spacial score (nSPS) is 12.3. The first-order valence-corrected chi connectivity index (χ1v) is 7.53. The third-order valence-electron chi connectivity index (χ3n) is 2.99. The summed E-state index contributed by atoms with van der Waals surface area (Å²) in [4.78, 5) is 0. The number of anilines is 1. The third-order valence-corrected chi connectivity index (χ3v) is 3.97. The molecule has 0 radical (unpaired) electrons. The van der Waals surface area contributed by atoms with E-state index in [4.69, 9.17) is 0 Å². The van der Waals surface area contributed by atoms with Crippen molar-refractivity contribution in [3.63, 3.8) is 0 Å². The molecule has 2 aromatic carbocycles. The summed E-state index contributed by atoms with van der Waals surface area (Å²) >= 11 is 6.81. The van der Waals surface area contributed by atoms with Crippen molar-refractivity contribution in [3.8, 4) is 0 Å². The minimum atomic E-state index is -0.196. The molecule has 0 saturated heterocycles. The van der Waals surface area contributed by atoms with Crippen LogP contribution in [0.5, 0.6) is 0 Å². The number of halogens is 3. The van der Waals surface area contributed by atoms with Crippen molar-refractivity contribution in [2.75, 3.05) is 5.32 Å². The Hall–Kier alpha value is -0.870. The molecule has 1 N–H and O–H groups in total. The van der Waals surface area contributed by atoms with Crippen LogP contribution in [-0.4, -0.2) is 0 Å². The molecule has 0 heterocycles. The maximum Gasteiger partial charge on any atom is 0.128 e. The van der Waals surface area contributed by atoms with Gasteiger partial charge in [0.25, 0.3) is 0 Å². The molecule has 0 aliphatic carbocycles. The van der Waals surface area contributed by atoms with E-state index in [9.17, 15) is 4.39 Å². The minimum absolute atomic E-state index is 0.0997. The molecule has 0 aromatic heterocycles. The van der Waals surface area contributed by atoms with Gasteiger partial charge in [-0.25, -0.2) is 4.39 Å². The molecule has 0 amide bonds. The van der Waals surface area contributed by atoms with Crippen LogP contribution in [0.15, 0.2) is 45.3 Å². The van der Waals surface area contributed by atoms with E-state index in [-0.39, 0.29) is 11.9 Å². The summed E-state index contributed by atoms with van der Waals surface area (Å²) in [5.41, 5.74) is 2.78. The van der Waals surface area contributed by atoms with E-state index in [1.54, 1.807) is 12.1 Å². The topological polar surface area (TPSA) is 12.0 Å². The molecule has 4 heteroatoms. The van der Waals surface area contributed by atoms with Gasteiger partial charge in [-0.1, -0.05) is 31.9 Å². The second kappa shape index (κ2) is 6.06. The van der Waals surface area contributed by atoms with Gasteiger partial charge < -0.3 is 5.32 Å². The summed E-state index contributed by atoms with van der Waals surface area (Å²) in [7, 11) is 0. The first kappa shape index (κ1) is 14.5. The summed E-state index contributed by atoms with van der Waals surface area (Å²) in [6.45, 7) is 3.98. The van der Waals surface area contributed by atoms with Gasteiger partial charge in [0.05, 0.1) is 6.04 Å². The summed E-state index contributed by atoms with van der Waals surface area (Å²) < 4.78 is 15.7. The highest BCUT2D eigenvalue weighted by Gasteiger charge is 2.12. The van der Waals surface area contributed by atoms with E-state index in [1.165, 1.54) is 6.07 Å². The van der Waals surface area contributed by atoms with Gasteiger partial charge in [-0.2, -0.15) is 0 Å². The highest BCUT2D eigenvalue weighted by atomic mass is 79.9. The Balaban J connectivity index is 2.25. The van der Waals surface area contributed by atoms with E-state index >= 15 is 0 Å². The first-order chi connectivity index (χ1) is 8.97. The molecule has 1 atom stereocenters. The lowest BCUT2D eigenvalue weighted by atomic mass is 10.1. The molecule has 0 spiro atoms. The molecular weight excluding hydrogens is 373 g/mol. The number of nitrogens with one attached hydrogen (secondary N) is 1. The van der Waals surface area contributed by atoms with E-state index in [0.717, 1.165) is 20.2 Å². The number of rotatable bonds is 3. The lowest BCUT2D eigenvalue weighted by Crippen LogP contribution is -2.09. The predicted molar refractivity (Wildman–Crippen MR) is 85.0 cm³/mol. The molecule has 0 bridgehead atoms. The van der Waals surface area contributed by atoms with Crippen molar-refractivity contribution in [2.45, 2.75) is 19.9 Å². The third kappa shape index (κ3) is 3.57. The Labute approximate surface area is 129 Å². The summed E-state index contributed by atoms with van der Waals surface area (Å²) in [5.74, 6) is -0.196. The first-order valence-electron chi connectivity index (χ1n) is 5.95. The van der Waals surface area contributed by atoms with Crippen molar-refractivity contribution in [2.24, 2.45) is 0 Å². The second-order valence-electron chi connectivity index (χ2n) is 4.49. The molecule has 0 saturated carbocycles. The van der Waals surface area contributed by atoms with Crippen LogP contribution in [0.2, 0.25) is 0 Å². The van der Waals surface area contributed by atoms with Gasteiger partial charge in [0, 0.05) is 20.2 Å². The number of hydrogen-bond donors (Lipinski definition) is 1. The standard InChI is InChI=1S/C15H14Br2FN/c1-9-7-11(16)4-6-15(9)19-10(2)13-8-12(17)3-5-14(13)18/h3-8,10,19H,1-2H3. The number of benzene rings is 2. The van der Waals surface area contributed by atoms with Gasteiger partial charge >= 0.3 is 0 Å². The SMILES string of the molecule is Cc1cc(Br)ccc1NC(C)c1cc(Br)ccc1F. The monoisotopic (exact) mass is 385 g/mol. The van der Waals surface area contributed by atoms with Crippen LogP contribution in [0.3, 0.4) is 0 Å². The zero-order valence-corrected chi connectivity index (χ0v) is 13.8. The fourth-order valence-corrected chi connectivity index (χ4v) is 2.80. The largest absolute Gasteiger partial charge is 0.378 e. The zero-order chi connectivity index (χ0) is 14.0. The molecule has 0 fully saturated rings. The van der Waals surface area contributed by atoms with Crippen molar-refractivity contribution >= 4 is 37.5 Å². The quantitative estimate of drug-likeness (QED) is 0.699. The Bertz CT molecular complexity index is 599. The van der Waals surface area contributed by atoms with Gasteiger partial charge in [-0.15, -0.1) is 0 Å². The second-order valence-corrected chi connectivity index (χ2v) is 6.32. The lowest BCUT2D eigenvalue weighted by molar-refractivity contribution is 0.600. The van der Waals surface area contributed by atoms with Crippen LogP contribution in [0.4, 0.5) is 10.1 Å². The Morgan fingerprint density at radius 2 is 1.68 bits per heavy atom. The van der Waals surface area contributed by atoms with Crippen LogP contribution >= 0.6 is 31.9 Å². The molecule has 1 unspecified atom stereocenters. The van der Waals surface area contributed by atoms with E-state index < -0.39 is 0 Å². The molecule has 100 valence electrons. The Morgan fingerprint density at radius 3 is 2.37 bits per heavy atom. The molecule has 1 nitrogen and oxygen atoms in total. The molecule has 0 aliphatic heterocycles. The molecular formula is C15H14Br2FN. The van der Waals surface area contributed by atoms with Crippen LogP contribution in [0.25, 0.3) is 0 Å². The highest BCUT2D eigenvalue weighted by Crippen LogP contribution is 2.27. The Morgan fingerprint density at radius 1 is 1.05 bits per heavy atom. The minimum Gasteiger partial charge on any atom is -0.378 e. The molecule has 19 heavy (non-hydrogen) atoms. The maximum atomic E-state index is 13.8. The molecule has 0 aliphatic rings. The number of aryl methyl sites for hydroxylation is 1. The maximum absolute atomic E-state index is 13.8. The van der Waals surface area contributed by atoms with E-state index in [2.05, 4.69) is 37.2 Å². The fraction of sp³-hybridized carbons (Fsp3) is 0.200. The summed E-state index contributed by atoms with van der Waals surface area (Å²) in [6, 6.07) is 10.9. The lowest BCUT2D eigenvalue weighted by Gasteiger charge is -2.18. The van der Waals surface area contributed by atoms with E-state index in [0.29, 0.717) is 5.56 Å². The highest BCUT2D eigenvalue weighted by molar-refractivity contribution is 9.10. The van der Waals surface area contributed by atoms with Crippen LogP contribution < -0.4 is 5.32 Å². The van der Waals surface area contributed by atoms with Crippen LogP contribution in [-0.2, 0) is 0 Å². The summed E-state index contributed by atoms with van der Waals surface area (Å²) in [6.07, 6.45) is 0. The zero-order valence-electron chi connectivity index (χ0n) is 10.7. The van der Waals surface area contributed by atoms with Crippen molar-refractivity contribution < 1.29 is 4.39 Å². The van der Waals surface area contributed by atoms with Crippen molar-refractivity contribution in [1.29, 1.82) is 0 Å². The van der Waals surface area contributed by atoms with Gasteiger partial charge in [-0.3, -0.25) is 0 Å². The van der Waals surface area contributed by atoms with Crippen molar-refractivity contribution in [3.05, 3.63) is 62.3 Å². The summed E-state index contributed by atoms with van der Waals surface area (Å²) in [5, 5.41) is 3.34.